The highest BCUT2D eigenvalue weighted by Gasteiger charge is 2.35. The third-order valence-corrected chi connectivity index (χ3v) is 18.8. The Labute approximate surface area is 404 Å². The van der Waals surface area contributed by atoms with E-state index in [-0.39, 0.29) is 11.9 Å². The summed E-state index contributed by atoms with van der Waals surface area (Å²) in [5, 5.41) is 20.7. The maximum atomic E-state index is 13.0. The second-order valence-corrected chi connectivity index (χ2v) is 30.6. The Hall–Kier alpha value is -3.39. The van der Waals surface area contributed by atoms with Gasteiger partial charge in [0.25, 0.3) is 29.4 Å². The molecule has 15 nitrogen and oxygen atoms in total. The third-order valence-electron chi connectivity index (χ3n) is 14.4. The van der Waals surface area contributed by atoms with E-state index in [9.17, 15) is 16.8 Å². The molecule has 368 valence electrons. The number of aromatic amines is 1. The average molecular weight is 998 g/mol. The van der Waals surface area contributed by atoms with Crippen LogP contribution in [-0.4, -0.2) is 91.9 Å². The molecular formula is C48H73ClN10O5S2Si. The van der Waals surface area contributed by atoms with Gasteiger partial charge in [-0.3, -0.25) is 0 Å². The van der Waals surface area contributed by atoms with Gasteiger partial charge in [0.05, 0.1) is 0 Å². The van der Waals surface area contributed by atoms with Gasteiger partial charge in [-0.1, -0.05) is 58.5 Å². The van der Waals surface area contributed by atoms with Gasteiger partial charge in [-0.15, -0.1) is 10.2 Å². The first-order valence-corrected chi connectivity index (χ1v) is 32.5. The summed E-state index contributed by atoms with van der Waals surface area (Å²) in [7, 11) is -3.35. The van der Waals surface area contributed by atoms with E-state index < -0.39 is 32.3 Å². The summed E-state index contributed by atoms with van der Waals surface area (Å²) in [5.41, 5.74) is 13.2. The third kappa shape index (κ3) is 12.1. The number of sulfonamides is 1. The molecule has 0 unspecified atom stereocenters. The summed E-state index contributed by atoms with van der Waals surface area (Å²) < 4.78 is 58.5. The van der Waals surface area contributed by atoms with Crippen molar-refractivity contribution in [3.8, 4) is 0 Å². The van der Waals surface area contributed by atoms with Crippen LogP contribution in [0.15, 0.2) is 22.4 Å². The Balaban J connectivity index is 0.000000156. The number of H-pyrrole nitrogens is 1. The molecular weight excluding hydrogens is 924 g/mol. The van der Waals surface area contributed by atoms with E-state index in [1.807, 2.05) is 0 Å². The molecule has 0 spiro atoms. The molecule has 10 rings (SSSR count). The van der Waals surface area contributed by atoms with Crippen LogP contribution in [0, 0.1) is 11.8 Å². The SMILES string of the molecule is CCC[C@H]1CCN(S(=O)(=O)c2nc(Nc3c4c(cc5c3CCC5)CCC4)n[nH]2)C1.CCC[C@H]1CCNC1.C[Si](C)(C)CCOCn1nc(S(=O)(=O)Cl)nc1Nc1c2c(cc3c1CCC3)CCC2. The van der Waals surface area contributed by atoms with E-state index in [1.165, 1.54) is 94.4 Å². The number of nitrogens with zero attached hydrogens (tertiary/aromatic N) is 6. The van der Waals surface area contributed by atoms with Crippen molar-refractivity contribution >= 4 is 61.1 Å². The smallest absolute Gasteiger partial charge is 0.298 e. The predicted octanol–water partition coefficient (Wildman–Crippen LogP) is 8.97. The van der Waals surface area contributed by atoms with Gasteiger partial charge in [0.2, 0.25) is 11.9 Å². The molecule has 67 heavy (non-hydrogen) atoms. The van der Waals surface area contributed by atoms with E-state index in [1.54, 1.807) is 4.31 Å². The Morgan fingerprint density at radius 3 is 1.87 bits per heavy atom. The van der Waals surface area contributed by atoms with Crippen molar-refractivity contribution in [3.05, 3.63) is 56.6 Å². The Kier molecular flexibility index (Phi) is 16.2. The number of fused-ring (bicyclic) bond motifs is 4. The summed E-state index contributed by atoms with van der Waals surface area (Å²) in [6, 6.07) is 5.75. The van der Waals surface area contributed by atoms with Gasteiger partial charge in [-0.25, -0.2) is 26.6 Å². The van der Waals surface area contributed by atoms with Gasteiger partial charge in [-0.05, 0) is 178 Å². The molecule has 19 heteroatoms. The summed E-state index contributed by atoms with van der Waals surface area (Å²) in [6.45, 7) is 15.7. The lowest BCUT2D eigenvalue weighted by Gasteiger charge is -2.18. The molecule has 0 saturated carbocycles. The van der Waals surface area contributed by atoms with Crippen LogP contribution in [0.25, 0.3) is 0 Å². The summed E-state index contributed by atoms with van der Waals surface area (Å²) in [4.78, 5) is 8.54. The van der Waals surface area contributed by atoms with Crippen molar-refractivity contribution in [2.24, 2.45) is 11.8 Å². The summed E-state index contributed by atoms with van der Waals surface area (Å²) in [6.07, 6.45) is 20.5. The summed E-state index contributed by atoms with van der Waals surface area (Å²) >= 11 is 0. The molecule has 2 atom stereocenters. The maximum Gasteiger partial charge on any atom is 0.298 e. The molecule has 0 radical (unpaired) electrons. The van der Waals surface area contributed by atoms with Crippen molar-refractivity contribution in [3.63, 3.8) is 0 Å². The van der Waals surface area contributed by atoms with Crippen LogP contribution < -0.4 is 16.0 Å². The number of hydrogen-bond donors (Lipinski definition) is 4. The number of aromatic nitrogens is 6. The molecule has 4 N–H and O–H groups in total. The van der Waals surface area contributed by atoms with E-state index >= 15 is 0 Å². The van der Waals surface area contributed by atoms with E-state index in [2.05, 4.69) is 86.8 Å². The zero-order chi connectivity index (χ0) is 47.3. The molecule has 2 aromatic carbocycles. The van der Waals surface area contributed by atoms with Crippen LogP contribution in [-0.2, 0) is 81.9 Å². The highest BCUT2D eigenvalue weighted by molar-refractivity contribution is 8.13. The first-order valence-electron chi connectivity index (χ1n) is 25.1. The Morgan fingerprint density at radius 2 is 1.34 bits per heavy atom. The van der Waals surface area contributed by atoms with Gasteiger partial charge in [0, 0.05) is 49.8 Å². The Bertz CT molecular complexity index is 2530. The number of hydrogen-bond acceptors (Lipinski definition) is 12. The number of rotatable bonds is 16. The lowest BCUT2D eigenvalue weighted by molar-refractivity contribution is 0.0792. The monoisotopic (exact) mass is 996 g/mol. The normalized spacial score (nSPS) is 19.9. The molecule has 6 aliphatic rings. The van der Waals surface area contributed by atoms with Gasteiger partial charge in [0.1, 0.15) is 6.73 Å². The minimum Gasteiger partial charge on any atom is -0.359 e. The topological polar surface area (TPSA) is 189 Å². The molecule has 4 aromatic rings. The fraction of sp³-hybridized carbons (Fsp3) is 0.667. The predicted molar refractivity (Wildman–Crippen MR) is 269 cm³/mol. The molecule has 0 bridgehead atoms. The van der Waals surface area contributed by atoms with Gasteiger partial charge >= 0.3 is 0 Å². The highest BCUT2D eigenvalue weighted by Crippen LogP contribution is 2.41. The van der Waals surface area contributed by atoms with Crippen LogP contribution >= 0.6 is 10.7 Å². The number of halogens is 1. The van der Waals surface area contributed by atoms with Crippen molar-refractivity contribution in [1.29, 1.82) is 0 Å². The molecule has 2 saturated heterocycles. The largest absolute Gasteiger partial charge is 0.359 e. The first kappa shape index (κ1) is 50.0. The van der Waals surface area contributed by atoms with Gasteiger partial charge in [-0.2, -0.15) is 14.3 Å². The number of anilines is 4. The molecule has 4 heterocycles. The van der Waals surface area contributed by atoms with Crippen molar-refractivity contribution in [1.82, 2.24) is 39.6 Å². The lowest BCUT2D eigenvalue weighted by atomic mass is 9.99. The van der Waals surface area contributed by atoms with Crippen LogP contribution in [0.1, 0.15) is 123 Å². The maximum absolute atomic E-state index is 13.0. The second-order valence-electron chi connectivity index (χ2n) is 20.6. The van der Waals surface area contributed by atoms with E-state index in [0.717, 1.165) is 107 Å². The first-order chi connectivity index (χ1) is 32.1. The lowest BCUT2D eigenvalue weighted by Crippen LogP contribution is -2.29. The molecule has 2 aromatic heterocycles. The van der Waals surface area contributed by atoms with Gasteiger partial charge < -0.3 is 20.7 Å². The zero-order valence-electron chi connectivity index (χ0n) is 40.4. The standard InChI is InChI=1S/C21H29N5O2S.C20H29ClN4O3SSi.C7H15N/c1-2-5-14-10-11-26(13-14)29(27,28)21-23-20(24-25-21)22-19-17-8-3-6-15(17)12-16-7-4-9-18(16)19;1-30(2,3)11-10-28-13-25-19(23-20(24-25)29(21,26)27)22-18-16-8-4-6-14(16)12-15-7-5-9-17(15)18;1-2-3-7-4-5-8-6-7/h12,14H,2-11,13H2,1H3,(H2,22,23,24,25);12H,4-11,13H2,1-3H3,(H,22,23,24);7-8H,2-6H2,1H3/t14-;;7-/m0.0/s1. The fourth-order valence-corrected chi connectivity index (χ4v) is 13.6. The number of aryl methyl sites for hydroxylation is 4. The number of ether oxygens (including phenoxy) is 1. The van der Waals surface area contributed by atoms with Crippen molar-refractivity contribution < 1.29 is 21.6 Å². The van der Waals surface area contributed by atoms with Crippen molar-refractivity contribution in [2.75, 3.05) is 43.4 Å². The van der Waals surface area contributed by atoms with Crippen LogP contribution in [0.4, 0.5) is 23.3 Å². The average Bonchev–Trinajstić information content (AvgIpc) is 4.12. The van der Waals surface area contributed by atoms with Crippen molar-refractivity contribution in [2.45, 2.75) is 172 Å². The van der Waals surface area contributed by atoms with Gasteiger partial charge in [0.15, 0.2) is 0 Å². The molecule has 2 fully saturated rings. The van der Waals surface area contributed by atoms with E-state index in [4.69, 9.17) is 15.4 Å². The van der Waals surface area contributed by atoms with Crippen LogP contribution in [0.2, 0.25) is 25.7 Å². The second kappa shape index (κ2) is 21.7. The zero-order valence-corrected chi connectivity index (χ0v) is 43.8. The molecule has 0 amide bonds. The summed E-state index contributed by atoms with van der Waals surface area (Å²) in [5.74, 6) is 2.16. The van der Waals surface area contributed by atoms with Crippen LogP contribution in [0.3, 0.4) is 0 Å². The van der Waals surface area contributed by atoms with Crippen LogP contribution in [0.5, 0.6) is 0 Å². The Morgan fingerprint density at radius 1 is 0.776 bits per heavy atom. The highest BCUT2D eigenvalue weighted by atomic mass is 35.7. The molecule has 4 aliphatic carbocycles. The fourth-order valence-electron chi connectivity index (χ4n) is 10.9. The minimum atomic E-state index is -4.03. The molecule has 2 aliphatic heterocycles. The number of nitrogens with one attached hydrogen (secondary N) is 4. The number of benzene rings is 2. The quantitative estimate of drug-likeness (QED) is 0.0475. The minimum absolute atomic E-state index is 0.0543. The van der Waals surface area contributed by atoms with E-state index in [0.29, 0.717) is 37.5 Å².